The van der Waals surface area contributed by atoms with Crippen LogP contribution in [0, 0.1) is 0 Å². The summed E-state index contributed by atoms with van der Waals surface area (Å²) in [7, 11) is 3.03. The van der Waals surface area contributed by atoms with E-state index in [2.05, 4.69) is 26.0 Å². The fourth-order valence-electron chi connectivity index (χ4n) is 1.56. The van der Waals surface area contributed by atoms with Crippen LogP contribution in [0.2, 0.25) is 0 Å². The monoisotopic (exact) mass is 315 g/mol. The van der Waals surface area contributed by atoms with Crippen LogP contribution in [0.1, 0.15) is 24.9 Å². The quantitative estimate of drug-likeness (QED) is 0.820. The minimum atomic E-state index is -0.203. The van der Waals surface area contributed by atoms with Crippen molar-refractivity contribution in [3.05, 3.63) is 28.2 Å². The summed E-state index contributed by atoms with van der Waals surface area (Å²) in [6.45, 7) is 2.64. The highest BCUT2D eigenvalue weighted by Crippen LogP contribution is 2.27. The molecule has 0 bridgehead atoms. The standard InChI is InChI=1S/C13H18BrNO3/c1-9(15-7-6-13(16)18-3)10-4-5-12(17-2)11(14)8-10/h4-5,8-9,15H,6-7H2,1-3H3. The molecular formula is C13H18BrNO3. The molecule has 0 aliphatic rings. The molecule has 0 saturated heterocycles. The Kier molecular flexibility index (Phi) is 6.15. The molecule has 0 spiro atoms. The SMILES string of the molecule is COC(=O)CCNC(C)c1ccc(OC)c(Br)c1. The number of esters is 1. The first kappa shape index (κ1) is 15.0. The molecule has 100 valence electrons. The van der Waals surface area contributed by atoms with Crippen LogP contribution in [0.15, 0.2) is 22.7 Å². The van der Waals surface area contributed by atoms with E-state index in [-0.39, 0.29) is 12.0 Å². The number of carbonyl (C=O) groups excluding carboxylic acids is 1. The molecule has 0 fully saturated rings. The molecule has 1 unspecified atom stereocenters. The van der Waals surface area contributed by atoms with Crippen molar-refractivity contribution in [1.82, 2.24) is 5.32 Å². The fourth-order valence-corrected chi connectivity index (χ4v) is 2.12. The van der Waals surface area contributed by atoms with Crippen LogP contribution in [0.5, 0.6) is 5.75 Å². The fraction of sp³-hybridized carbons (Fsp3) is 0.462. The zero-order valence-corrected chi connectivity index (χ0v) is 12.4. The van der Waals surface area contributed by atoms with Crippen molar-refractivity contribution < 1.29 is 14.3 Å². The summed E-state index contributed by atoms with van der Waals surface area (Å²) >= 11 is 3.45. The van der Waals surface area contributed by atoms with Gasteiger partial charge in [0.05, 0.1) is 25.1 Å². The lowest BCUT2D eigenvalue weighted by molar-refractivity contribution is -0.140. The number of nitrogens with one attached hydrogen (secondary N) is 1. The topological polar surface area (TPSA) is 47.6 Å². The highest BCUT2D eigenvalue weighted by molar-refractivity contribution is 9.10. The van der Waals surface area contributed by atoms with Crippen LogP contribution in [0.25, 0.3) is 0 Å². The number of ether oxygens (including phenoxy) is 2. The van der Waals surface area contributed by atoms with Crippen molar-refractivity contribution >= 4 is 21.9 Å². The molecule has 1 aromatic carbocycles. The number of hydrogen-bond donors (Lipinski definition) is 1. The van der Waals surface area contributed by atoms with Gasteiger partial charge >= 0.3 is 5.97 Å². The summed E-state index contributed by atoms with van der Waals surface area (Å²) in [6.07, 6.45) is 0.373. The van der Waals surface area contributed by atoms with E-state index < -0.39 is 0 Å². The minimum Gasteiger partial charge on any atom is -0.496 e. The molecule has 1 aromatic rings. The largest absolute Gasteiger partial charge is 0.496 e. The van der Waals surface area contributed by atoms with Crippen molar-refractivity contribution in [2.75, 3.05) is 20.8 Å². The molecule has 1 N–H and O–H groups in total. The van der Waals surface area contributed by atoms with Gasteiger partial charge in [0.2, 0.25) is 0 Å². The van der Waals surface area contributed by atoms with Crippen molar-refractivity contribution in [1.29, 1.82) is 0 Å². The second-order valence-corrected chi connectivity index (χ2v) is 4.75. The maximum atomic E-state index is 11.0. The highest BCUT2D eigenvalue weighted by Gasteiger charge is 2.08. The summed E-state index contributed by atoms with van der Waals surface area (Å²) in [6, 6.07) is 6.09. The van der Waals surface area contributed by atoms with Crippen LogP contribution < -0.4 is 10.1 Å². The zero-order chi connectivity index (χ0) is 13.5. The summed E-state index contributed by atoms with van der Waals surface area (Å²) in [5.74, 6) is 0.603. The van der Waals surface area contributed by atoms with E-state index in [1.807, 2.05) is 25.1 Å². The average molecular weight is 316 g/mol. The Hall–Kier alpha value is -1.07. The molecule has 0 radical (unpaired) electrons. The first-order chi connectivity index (χ1) is 8.58. The van der Waals surface area contributed by atoms with Gasteiger partial charge in [-0.3, -0.25) is 4.79 Å². The predicted octanol–water partition coefficient (Wildman–Crippen LogP) is 2.67. The van der Waals surface area contributed by atoms with Gasteiger partial charge in [0.15, 0.2) is 0 Å². The van der Waals surface area contributed by atoms with Gasteiger partial charge in [-0.1, -0.05) is 6.07 Å². The van der Waals surface area contributed by atoms with Gasteiger partial charge in [-0.2, -0.15) is 0 Å². The molecule has 1 atom stereocenters. The van der Waals surface area contributed by atoms with Gasteiger partial charge in [0, 0.05) is 12.6 Å². The van der Waals surface area contributed by atoms with E-state index in [1.165, 1.54) is 7.11 Å². The summed E-state index contributed by atoms with van der Waals surface area (Å²) in [5, 5.41) is 3.27. The van der Waals surface area contributed by atoms with Crippen molar-refractivity contribution in [2.45, 2.75) is 19.4 Å². The van der Waals surface area contributed by atoms with E-state index >= 15 is 0 Å². The summed E-state index contributed by atoms with van der Waals surface area (Å²) in [4.78, 5) is 11.0. The molecule has 0 saturated carbocycles. The van der Waals surface area contributed by atoms with Crippen molar-refractivity contribution in [2.24, 2.45) is 0 Å². The third-order valence-corrected chi connectivity index (χ3v) is 3.30. The van der Waals surface area contributed by atoms with E-state index in [0.717, 1.165) is 15.8 Å². The minimum absolute atomic E-state index is 0.164. The number of methoxy groups -OCH3 is 2. The first-order valence-corrected chi connectivity index (χ1v) is 6.51. The van der Waals surface area contributed by atoms with E-state index in [9.17, 15) is 4.79 Å². The Morgan fingerprint density at radius 3 is 2.72 bits per heavy atom. The molecule has 4 nitrogen and oxygen atoms in total. The van der Waals surface area contributed by atoms with Crippen LogP contribution in [0.4, 0.5) is 0 Å². The highest BCUT2D eigenvalue weighted by atomic mass is 79.9. The molecular weight excluding hydrogens is 298 g/mol. The Labute approximate surface area is 116 Å². The molecule has 0 heterocycles. The van der Waals surface area contributed by atoms with Crippen LogP contribution in [0.3, 0.4) is 0 Å². The Bertz CT molecular complexity index is 409. The predicted molar refractivity (Wildman–Crippen MR) is 73.7 cm³/mol. The second-order valence-electron chi connectivity index (χ2n) is 3.90. The van der Waals surface area contributed by atoms with Gasteiger partial charge in [-0.25, -0.2) is 0 Å². The maximum absolute atomic E-state index is 11.0. The molecule has 1 rings (SSSR count). The van der Waals surface area contributed by atoms with Gasteiger partial charge in [-0.15, -0.1) is 0 Å². The lowest BCUT2D eigenvalue weighted by Gasteiger charge is -2.15. The van der Waals surface area contributed by atoms with Crippen molar-refractivity contribution in [3.8, 4) is 5.75 Å². The summed E-state index contributed by atoms with van der Waals surface area (Å²) in [5.41, 5.74) is 1.13. The number of benzene rings is 1. The molecule has 0 aliphatic carbocycles. The Morgan fingerprint density at radius 1 is 1.44 bits per heavy atom. The molecule has 0 amide bonds. The summed E-state index contributed by atoms with van der Waals surface area (Å²) < 4.78 is 10.7. The maximum Gasteiger partial charge on any atom is 0.306 e. The van der Waals surface area contributed by atoms with Gasteiger partial charge in [-0.05, 0) is 40.5 Å². The average Bonchev–Trinajstić information content (AvgIpc) is 2.38. The zero-order valence-electron chi connectivity index (χ0n) is 10.8. The van der Waals surface area contributed by atoms with Crippen LogP contribution in [-0.2, 0) is 9.53 Å². The molecule has 18 heavy (non-hydrogen) atoms. The van der Waals surface area contributed by atoms with Gasteiger partial charge in [0.1, 0.15) is 5.75 Å². The lowest BCUT2D eigenvalue weighted by atomic mass is 10.1. The Balaban J connectivity index is 2.53. The van der Waals surface area contributed by atoms with E-state index in [4.69, 9.17) is 4.74 Å². The molecule has 5 heteroatoms. The number of halogens is 1. The molecule has 0 aromatic heterocycles. The van der Waals surface area contributed by atoms with Crippen LogP contribution >= 0.6 is 15.9 Å². The normalized spacial score (nSPS) is 12.0. The first-order valence-electron chi connectivity index (χ1n) is 5.72. The van der Waals surface area contributed by atoms with E-state index in [0.29, 0.717) is 13.0 Å². The van der Waals surface area contributed by atoms with Gasteiger partial charge < -0.3 is 14.8 Å². The third kappa shape index (κ3) is 4.31. The van der Waals surface area contributed by atoms with Crippen LogP contribution in [-0.4, -0.2) is 26.7 Å². The van der Waals surface area contributed by atoms with E-state index in [1.54, 1.807) is 7.11 Å². The molecule has 0 aliphatic heterocycles. The number of hydrogen-bond acceptors (Lipinski definition) is 4. The van der Waals surface area contributed by atoms with Gasteiger partial charge in [0.25, 0.3) is 0 Å². The number of rotatable bonds is 6. The smallest absolute Gasteiger partial charge is 0.306 e. The Morgan fingerprint density at radius 2 is 2.17 bits per heavy atom. The number of carbonyl (C=O) groups is 1. The lowest BCUT2D eigenvalue weighted by Crippen LogP contribution is -2.22. The third-order valence-electron chi connectivity index (χ3n) is 2.68. The second kappa shape index (κ2) is 7.38. The van der Waals surface area contributed by atoms with Crippen molar-refractivity contribution in [3.63, 3.8) is 0 Å².